The number of aliphatic hydroxyl groups excluding tert-OH is 1. The van der Waals surface area contributed by atoms with Crippen LogP contribution in [0.25, 0.3) is 0 Å². The molecule has 18 heavy (non-hydrogen) atoms. The molecule has 0 saturated carbocycles. The van der Waals surface area contributed by atoms with Crippen molar-refractivity contribution in [2.75, 3.05) is 13.1 Å². The Labute approximate surface area is 105 Å². The topological polar surface area (TPSA) is 85.6 Å². The molecule has 7 nitrogen and oxygen atoms in total. The molecule has 7 heteroatoms. The molecule has 1 aliphatic heterocycles. The summed E-state index contributed by atoms with van der Waals surface area (Å²) in [6.45, 7) is 5.62. The van der Waals surface area contributed by atoms with E-state index in [2.05, 4.69) is 5.10 Å². The van der Waals surface area contributed by atoms with Gasteiger partial charge in [0.2, 0.25) is 0 Å². The predicted octanol–water partition coefficient (Wildman–Crippen LogP) is -0.595. The van der Waals surface area contributed by atoms with Crippen LogP contribution in [0.4, 0.5) is 5.69 Å². The molecule has 2 atom stereocenters. The molecular formula is C11H19N4O3+. The van der Waals surface area contributed by atoms with Crippen molar-refractivity contribution in [2.45, 2.75) is 39.5 Å². The van der Waals surface area contributed by atoms with E-state index in [0.29, 0.717) is 24.6 Å². The Kier molecular flexibility index (Phi) is 3.63. The molecular weight excluding hydrogens is 236 g/mol. The molecule has 0 aromatic carbocycles. The molecule has 1 aliphatic rings. The Morgan fingerprint density at radius 2 is 2.33 bits per heavy atom. The van der Waals surface area contributed by atoms with Gasteiger partial charge in [-0.2, -0.15) is 5.10 Å². The molecule has 2 heterocycles. The zero-order chi connectivity index (χ0) is 13.3. The number of hydrogen-bond acceptors (Lipinski definition) is 4. The molecule has 1 fully saturated rings. The smallest absolute Gasteiger partial charge is 0.312 e. The van der Waals surface area contributed by atoms with Crippen LogP contribution in [0, 0.1) is 24.0 Å². The monoisotopic (exact) mass is 255 g/mol. The number of rotatable bonds is 3. The summed E-state index contributed by atoms with van der Waals surface area (Å²) in [6.07, 6.45) is 1.57. The van der Waals surface area contributed by atoms with Gasteiger partial charge in [-0.05, 0) is 26.7 Å². The zero-order valence-electron chi connectivity index (χ0n) is 10.7. The lowest BCUT2D eigenvalue weighted by atomic mass is 10.1. The molecule has 1 aromatic rings. The Morgan fingerprint density at radius 3 is 2.89 bits per heavy atom. The lowest BCUT2D eigenvalue weighted by Crippen LogP contribution is -3.13. The third kappa shape index (κ3) is 2.51. The summed E-state index contributed by atoms with van der Waals surface area (Å²) in [7, 11) is 0. The fourth-order valence-corrected chi connectivity index (χ4v) is 2.59. The van der Waals surface area contributed by atoms with E-state index >= 15 is 0 Å². The van der Waals surface area contributed by atoms with Crippen LogP contribution in [0.2, 0.25) is 0 Å². The zero-order valence-corrected chi connectivity index (χ0v) is 10.7. The molecule has 2 rings (SSSR count). The Morgan fingerprint density at radius 1 is 1.61 bits per heavy atom. The maximum Gasteiger partial charge on any atom is 0.312 e. The number of hydrogen-bond donors (Lipinski definition) is 2. The highest BCUT2D eigenvalue weighted by Crippen LogP contribution is 2.20. The van der Waals surface area contributed by atoms with E-state index in [4.69, 9.17) is 0 Å². The van der Waals surface area contributed by atoms with E-state index in [0.717, 1.165) is 19.4 Å². The average molecular weight is 255 g/mol. The van der Waals surface area contributed by atoms with E-state index in [-0.39, 0.29) is 16.7 Å². The van der Waals surface area contributed by atoms with Gasteiger partial charge in [-0.15, -0.1) is 0 Å². The molecule has 0 bridgehead atoms. The molecule has 0 radical (unpaired) electrons. The summed E-state index contributed by atoms with van der Waals surface area (Å²) in [5.41, 5.74) is 1.14. The number of likely N-dealkylation sites (tertiary alicyclic amines) is 1. The summed E-state index contributed by atoms with van der Waals surface area (Å²) in [6, 6.07) is 0. The first kappa shape index (κ1) is 13.0. The van der Waals surface area contributed by atoms with Crippen LogP contribution in [0.1, 0.15) is 24.2 Å². The number of nitrogens with one attached hydrogen (secondary N) is 1. The largest absolute Gasteiger partial charge is 0.387 e. The molecule has 100 valence electrons. The number of aliphatic hydroxyl groups is 1. The van der Waals surface area contributed by atoms with Crippen LogP contribution in [0.3, 0.4) is 0 Å². The van der Waals surface area contributed by atoms with Crippen LogP contribution >= 0.6 is 0 Å². The lowest BCUT2D eigenvalue weighted by Gasteiger charge is -2.26. The quantitative estimate of drug-likeness (QED) is 0.558. The summed E-state index contributed by atoms with van der Waals surface area (Å²) < 4.78 is 1.68. The molecule has 1 aromatic heterocycles. The Bertz CT molecular complexity index is 457. The number of quaternary nitrogens is 1. The fraction of sp³-hybridized carbons (Fsp3) is 0.727. The van der Waals surface area contributed by atoms with Crippen molar-refractivity contribution < 1.29 is 14.9 Å². The summed E-state index contributed by atoms with van der Waals surface area (Å²) in [4.78, 5) is 11.7. The average Bonchev–Trinajstić information content (AvgIpc) is 2.54. The first-order valence-corrected chi connectivity index (χ1v) is 6.19. The highest BCUT2D eigenvalue weighted by atomic mass is 16.6. The molecule has 0 aliphatic carbocycles. The normalized spacial score (nSPS) is 24.2. The second kappa shape index (κ2) is 5.03. The predicted molar refractivity (Wildman–Crippen MR) is 64.3 cm³/mol. The minimum absolute atomic E-state index is 0.104. The van der Waals surface area contributed by atoms with E-state index in [1.54, 1.807) is 18.5 Å². The van der Waals surface area contributed by atoms with Gasteiger partial charge < -0.3 is 10.0 Å². The minimum atomic E-state index is -0.380. The van der Waals surface area contributed by atoms with Crippen LogP contribution in [0.5, 0.6) is 0 Å². The summed E-state index contributed by atoms with van der Waals surface area (Å²) >= 11 is 0. The SMILES string of the molecule is Cc1nn(C[NH+]2CCC[C@H](O)C2)c(C)c1[N+](=O)[O-]. The lowest BCUT2D eigenvalue weighted by molar-refractivity contribution is -0.931. The van der Waals surface area contributed by atoms with Crippen molar-refractivity contribution in [3.05, 3.63) is 21.5 Å². The fourth-order valence-electron chi connectivity index (χ4n) is 2.59. The van der Waals surface area contributed by atoms with Gasteiger partial charge in [0.15, 0.2) is 6.67 Å². The summed E-state index contributed by atoms with van der Waals surface area (Å²) in [5.74, 6) is 0. The van der Waals surface area contributed by atoms with Gasteiger partial charge in [-0.25, -0.2) is 4.68 Å². The van der Waals surface area contributed by atoms with E-state index < -0.39 is 0 Å². The van der Waals surface area contributed by atoms with Crippen molar-refractivity contribution in [2.24, 2.45) is 0 Å². The number of nitro groups is 1. The second-order valence-corrected chi connectivity index (χ2v) is 4.93. The molecule has 2 N–H and O–H groups in total. The van der Waals surface area contributed by atoms with Gasteiger partial charge in [0.1, 0.15) is 24.0 Å². The van der Waals surface area contributed by atoms with Gasteiger partial charge >= 0.3 is 5.69 Å². The number of piperidine rings is 1. The molecule has 1 unspecified atom stereocenters. The van der Waals surface area contributed by atoms with Crippen molar-refractivity contribution >= 4 is 5.69 Å². The third-order valence-corrected chi connectivity index (χ3v) is 3.49. The number of aryl methyl sites for hydroxylation is 1. The standard InChI is InChI=1S/C11H18N4O3/c1-8-11(15(17)18)9(2)14(12-8)7-13-5-3-4-10(16)6-13/h10,16H,3-7H2,1-2H3/p+1/t10-/m0/s1. The van der Waals surface area contributed by atoms with Crippen LogP contribution in [0.15, 0.2) is 0 Å². The number of nitrogens with zero attached hydrogens (tertiary/aromatic N) is 3. The van der Waals surface area contributed by atoms with Gasteiger partial charge in [0, 0.05) is 0 Å². The van der Waals surface area contributed by atoms with Crippen molar-refractivity contribution in [1.82, 2.24) is 9.78 Å². The number of aromatic nitrogens is 2. The first-order chi connectivity index (χ1) is 8.49. The molecule has 0 amide bonds. The van der Waals surface area contributed by atoms with E-state index in [9.17, 15) is 15.2 Å². The van der Waals surface area contributed by atoms with Gasteiger partial charge in [-0.1, -0.05) is 0 Å². The maximum atomic E-state index is 10.9. The van der Waals surface area contributed by atoms with Crippen molar-refractivity contribution in [3.63, 3.8) is 0 Å². The van der Waals surface area contributed by atoms with E-state index in [1.165, 1.54) is 4.90 Å². The van der Waals surface area contributed by atoms with E-state index in [1.807, 2.05) is 0 Å². The minimum Gasteiger partial charge on any atom is -0.387 e. The van der Waals surface area contributed by atoms with Gasteiger partial charge in [0.25, 0.3) is 0 Å². The highest BCUT2D eigenvalue weighted by molar-refractivity contribution is 5.39. The maximum absolute atomic E-state index is 10.9. The summed E-state index contributed by atoms with van der Waals surface area (Å²) in [5, 5.41) is 24.7. The second-order valence-electron chi connectivity index (χ2n) is 4.93. The Hall–Kier alpha value is -1.47. The van der Waals surface area contributed by atoms with Crippen molar-refractivity contribution in [3.8, 4) is 0 Å². The highest BCUT2D eigenvalue weighted by Gasteiger charge is 2.26. The first-order valence-electron chi connectivity index (χ1n) is 6.19. The van der Waals surface area contributed by atoms with Crippen molar-refractivity contribution in [1.29, 1.82) is 0 Å². The van der Waals surface area contributed by atoms with Gasteiger partial charge in [-0.3, -0.25) is 10.1 Å². The Balaban J connectivity index is 2.14. The third-order valence-electron chi connectivity index (χ3n) is 3.49. The van der Waals surface area contributed by atoms with Crippen LogP contribution < -0.4 is 4.90 Å². The molecule has 0 spiro atoms. The van der Waals surface area contributed by atoms with Gasteiger partial charge in [0.05, 0.1) is 11.5 Å². The molecule has 1 saturated heterocycles. The van der Waals surface area contributed by atoms with Crippen LogP contribution in [-0.4, -0.2) is 39.0 Å². The van der Waals surface area contributed by atoms with Crippen LogP contribution in [-0.2, 0) is 6.67 Å².